The lowest BCUT2D eigenvalue weighted by molar-refractivity contribution is 0.0383. The number of morpholine rings is 1. The fraction of sp³-hybridized carbons (Fsp3) is 0.429. The van der Waals surface area contributed by atoms with Crippen LogP contribution in [0.15, 0.2) is 51.0 Å². The number of oxazole rings is 1. The summed E-state index contributed by atoms with van der Waals surface area (Å²) >= 11 is 3.06. The van der Waals surface area contributed by atoms with E-state index in [1.165, 1.54) is 28.5 Å². The van der Waals surface area contributed by atoms with E-state index in [0.717, 1.165) is 74.3 Å². The van der Waals surface area contributed by atoms with Crippen molar-refractivity contribution in [1.29, 1.82) is 0 Å². The fourth-order valence-corrected chi connectivity index (χ4v) is 7.24. The number of amides is 1. The van der Waals surface area contributed by atoms with E-state index in [9.17, 15) is 9.59 Å². The summed E-state index contributed by atoms with van der Waals surface area (Å²) in [7, 11) is 0. The van der Waals surface area contributed by atoms with E-state index in [0.29, 0.717) is 29.9 Å². The Morgan fingerprint density at radius 2 is 1.92 bits per heavy atom. The number of nitrogens with one attached hydrogen (secondary N) is 1. The topological polar surface area (TPSA) is 102 Å². The maximum Gasteiger partial charge on any atom is 0.273 e. The molecule has 204 valence electrons. The molecular formula is C28H31N5O4S2. The van der Waals surface area contributed by atoms with Gasteiger partial charge in [0.15, 0.2) is 10.9 Å². The molecule has 0 saturated carbocycles. The molecule has 0 atom stereocenters. The highest BCUT2D eigenvalue weighted by atomic mass is 32.2. The molecule has 3 aromatic heterocycles. The summed E-state index contributed by atoms with van der Waals surface area (Å²) in [5, 5.41) is 4.32. The second-order valence-corrected chi connectivity index (χ2v) is 11.8. The predicted octanol–water partition coefficient (Wildman–Crippen LogP) is 3.73. The summed E-state index contributed by atoms with van der Waals surface area (Å²) in [6.07, 6.45) is 5.62. The largest absolute Gasteiger partial charge is 0.447 e. The van der Waals surface area contributed by atoms with E-state index < -0.39 is 0 Å². The van der Waals surface area contributed by atoms with Crippen LogP contribution < -0.4 is 10.9 Å². The van der Waals surface area contributed by atoms with Crippen molar-refractivity contribution < 1.29 is 13.9 Å². The number of hydrogen-bond acceptors (Lipinski definition) is 9. The molecule has 1 saturated heterocycles. The van der Waals surface area contributed by atoms with Crippen LogP contribution in [0.4, 0.5) is 0 Å². The molecule has 4 aromatic rings. The van der Waals surface area contributed by atoms with E-state index in [4.69, 9.17) is 14.1 Å². The van der Waals surface area contributed by atoms with Gasteiger partial charge in [0.1, 0.15) is 11.1 Å². The molecule has 1 aliphatic heterocycles. The van der Waals surface area contributed by atoms with Gasteiger partial charge < -0.3 is 14.5 Å². The van der Waals surface area contributed by atoms with Gasteiger partial charge in [-0.15, -0.1) is 11.3 Å². The second kappa shape index (κ2) is 12.0. The first kappa shape index (κ1) is 26.2. The summed E-state index contributed by atoms with van der Waals surface area (Å²) in [6.45, 7) is 4.97. The average Bonchev–Trinajstić information content (AvgIpc) is 3.60. The lowest BCUT2D eigenvalue weighted by Crippen LogP contribution is -2.41. The highest BCUT2D eigenvalue weighted by Crippen LogP contribution is 2.35. The van der Waals surface area contributed by atoms with Crippen LogP contribution in [-0.2, 0) is 29.9 Å². The lowest BCUT2D eigenvalue weighted by Gasteiger charge is -2.26. The van der Waals surface area contributed by atoms with Crippen LogP contribution in [0.25, 0.3) is 10.2 Å². The van der Waals surface area contributed by atoms with E-state index in [1.807, 2.05) is 30.3 Å². The minimum atomic E-state index is -0.257. The first-order chi connectivity index (χ1) is 19.2. The number of aromatic nitrogens is 3. The van der Waals surface area contributed by atoms with Crippen molar-refractivity contribution in [2.24, 2.45) is 0 Å². The van der Waals surface area contributed by atoms with Crippen LogP contribution in [0.1, 0.15) is 45.2 Å². The number of thiophene rings is 1. The number of fused-ring (bicyclic) bond motifs is 3. The first-order valence-electron chi connectivity index (χ1n) is 13.4. The molecule has 4 heterocycles. The monoisotopic (exact) mass is 565 g/mol. The fourth-order valence-electron chi connectivity index (χ4n) is 5.09. The average molecular weight is 566 g/mol. The maximum atomic E-state index is 13.8. The van der Waals surface area contributed by atoms with Crippen molar-refractivity contribution in [2.75, 3.05) is 39.4 Å². The van der Waals surface area contributed by atoms with Gasteiger partial charge in [-0.25, -0.2) is 9.97 Å². The van der Waals surface area contributed by atoms with Crippen molar-refractivity contribution in [3.63, 3.8) is 0 Å². The van der Waals surface area contributed by atoms with Crippen molar-refractivity contribution in [3.8, 4) is 0 Å². The summed E-state index contributed by atoms with van der Waals surface area (Å²) in [4.78, 5) is 40.1. The van der Waals surface area contributed by atoms with Gasteiger partial charge in [-0.3, -0.25) is 19.1 Å². The lowest BCUT2D eigenvalue weighted by atomic mass is 9.97. The van der Waals surface area contributed by atoms with Gasteiger partial charge in [0.25, 0.3) is 11.5 Å². The number of rotatable bonds is 9. The zero-order valence-corrected chi connectivity index (χ0v) is 23.3. The van der Waals surface area contributed by atoms with Crippen LogP contribution >= 0.6 is 23.1 Å². The predicted molar refractivity (Wildman–Crippen MR) is 152 cm³/mol. The Balaban J connectivity index is 1.18. The molecule has 0 bridgehead atoms. The van der Waals surface area contributed by atoms with Gasteiger partial charge in [0, 0.05) is 31.1 Å². The Morgan fingerprint density at radius 3 is 2.77 bits per heavy atom. The van der Waals surface area contributed by atoms with Crippen molar-refractivity contribution in [2.45, 2.75) is 43.1 Å². The van der Waals surface area contributed by atoms with E-state index in [1.54, 1.807) is 15.9 Å². The number of ether oxygens (including phenoxy) is 1. The van der Waals surface area contributed by atoms with Crippen LogP contribution in [0, 0.1) is 0 Å². The highest BCUT2D eigenvalue weighted by Gasteiger charge is 2.23. The maximum absolute atomic E-state index is 13.8. The van der Waals surface area contributed by atoms with Gasteiger partial charge in [0.05, 0.1) is 30.9 Å². The van der Waals surface area contributed by atoms with E-state index in [-0.39, 0.29) is 17.2 Å². The number of nitrogens with zero attached hydrogens (tertiary/aromatic N) is 4. The number of carbonyl (C=O) groups is 1. The van der Waals surface area contributed by atoms with Crippen LogP contribution in [0.5, 0.6) is 0 Å². The summed E-state index contributed by atoms with van der Waals surface area (Å²) < 4.78 is 12.7. The third kappa shape index (κ3) is 5.96. The highest BCUT2D eigenvalue weighted by molar-refractivity contribution is 7.98. The number of carbonyl (C=O) groups excluding carboxylic acids is 1. The first-order valence-corrected chi connectivity index (χ1v) is 15.2. The molecule has 0 unspecified atom stereocenters. The molecule has 1 aliphatic carbocycles. The summed E-state index contributed by atoms with van der Waals surface area (Å²) in [5.41, 5.74) is 2.50. The Kier molecular flexibility index (Phi) is 8.10. The molecule has 9 nitrogen and oxygen atoms in total. The van der Waals surface area contributed by atoms with Crippen LogP contribution in [0.2, 0.25) is 0 Å². The van der Waals surface area contributed by atoms with Gasteiger partial charge >= 0.3 is 0 Å². The number of hydrogen-bond donors (Lipinski definition) is 1. The molecule has 39 heavy (non-hydrogen) atoms. The Morgan fingerprint density at radius 1 is 1.10 bits per heavy atom. The minimum Gasteiger partial charge on any atom is -0.447 e. The third-order valence-electron chi connectivity index (χ3n) is 7.15. The molecule has 1 aromatic carbocycles. The van der Waals surface area contributed by atoms with Gasteiger partial charge in [0.2, 0.25) is 5.89 Å². The number of aryl methyl sites for hydroxylation is 2. The molecule has 2 aliphatic rings. The van der Waals surface area contributed by atoms with E-state index >= 15 is 0 Å². The van der Waals surface area contributed by atoms with Gasteiger partial charge in [-0.2, -0.15) is 0 Å². The number of thioether (sulfide) groups is 1. The quantitative estimate of drug-likeness (QED) is 0.242. The molecular weight excluding hydrogens is 534 g/mol. The van der Waals surface area contributed by atoms with Crippen molar-refractivity contribution >= 4 is 39.2 Å². The van der Waals surface area contributed by atoms with Crippen LogP contribution in [-0.4, -0.2) is 64.7 Å². The smallest absolute Gasteiger partial charge is 0.273 e. The Bertz CT molecular complexity index is 1510. The zero-order valence-electron chi connectivity index (χ0n) is 21.7. The zero-order chi connectivity index (χ0) is 26.6. The molecule has 11 heteroatoms. The summed E-state index contributed by atoms with van der Waals surface area (Å²) in [6, 6.07) is 9.97. The molecule has 0 radical (unpaired) electrons. The third-order valence-corrected chi connectivity index (χ3v) is 9.30. The van der Waals surface area contributed by atoms with E-state index in [2.05, 4.69) is 15.2 Å². The van der Waals surface area contributed by atoms with Gasteiger partial charge in [-0.1, -0.05) is 42.1 Å². The van der Waals surface area contributed by atoms with Gasteiger partial charge in [-0.05, 0) is 36.8 Å². The normalized spacial score (nSPS) is 15.9. The SMILES string of the molecule is O=C(NCCN1CCOCC1)c1coc(CSc2nc3sc4c(c3c(=O)n2Cc2ccccc2)CCCC4)n1. The summed E-state index contributed by atoms with van der Waals surface area (Å²) in [5.74, 6) is 0.524. The number of benzene rings is 1. The second-order valence-electron chi connectivity index (χ2n) is 9.79. The molecule has 1 amide bonds. The molecule has 1 fully saturated rings. The van der Waals surface area contributed by atoms with Crippen molar-refractivity contribution in [1.82, 2.24) is 24.8 Å². The Hall–Kier alpha value is -2.99. The molecule has 6 rings (SSSR count). The minimum absolute atomic E-state index is 0.0125. The molecule has 1 N–H and O–H groups in total. The Labute approximate surface area is 234 Å². The molecule has 0 spiro atoms. The van der Waals surface area contributed by atoms with Crippen LogP contribution in [0.3, 0.4) is 0 Å². The standard InChI is InChI=1S/C28H31N5O4S2/c34-25(29-10-11-32-12-14-36-15-13-32)21-17-37-23(30-21)18-38-28-31-26-24(20-8-4-5-9-22(20)39-26)27(35)33(28)16-19-6-2-1-3-7-19/h1-3,6-7,17H,4-5,8-16,18H2,(H,29,34). The van der Waals surface area contributed by atoms with Crippen molar-refractivity contribution in [3.05, 3.63) is 74.5 Å².